The SMILES string of the molecule is O=[N+]([O-])c1ccc(O)cc1.[C-]#[O+].[C-]#[O+].[Fe].c1cc[cH-]c1. The van der Waals surface area contributed by atoms with E-state index in [0.29, 0.717) is 0 Å². The summed E-state index contributed by atoms with van der Waals surface area (Å²) in [6, 6.07) is 15.0. The van der Waals surface area contributed by atoms with E-state index in [4.69, 9.17) is 14.4 Å². The van der Waals surface area contributed by atoms with E-state index in [2.05, 4.69) is 13.3 Å². The molecule has 7 heteroatoms. The number of rotatable bonds is 1. The van der Waals surface area contributed by atoms with Crippen molar-refractivity contribution in [1.29, 1.82) is 0 Å². The molecule has 0 aliphatic heterocycles. The number of nitro benzene ring substituents is 1. The van der Waals surface area contributed by atoms with Crippen molar-refractivity contribution in [3.05, 3.63) is 78.0 Å². The molecule has 6 nitrogen and oxygen atoms in total. The second-order valence-electron chi connectivity index (χ2n) is 2.74. The van der Waals surface area contributed by atoms with E-state index in [1.165, 1.54) is 24.3 Å². The number of benzene rings is 1. The van der Waals surface area contributed by atoms with E-state index in [1.807, 2.05) is 30.3 Å². The number of phenolic OH excluding ortho intramolecular Hbond substituents is 1. The Kier molecular flexibility index (Phi) is 19.2. The number of phenols is 1. The van der Waals surface area contributed by atoms with Gasteiger partial charge in [-0.3, -0.25) is 10.1 Å². The summed E-state index contributed by atoms with van der Waals surface area (Å²) < 4.78 is 15.0. The molecular formula is C13H10FeNO5-. The average molecular weight is 316 g/mol. The van der Waals surface area contributed by atoms with E-state index < -0.39 is 4.92 Å². The molecule has 2 rings (SSSR count). The van der Waals surface area contributed by atoms with Crippen LogP contribution in [-0.2, 0) is 26.4 Å². The number of non-ortho nitro benzene ring substituents is 1. The normalized spacial score (nSPS) is 6.80. The molecule has 0 radical (unpaired) electrons. The first-order chi connectivity index (χ1) is 9.20. The van der Waals surface area contributed by atoms with Crippen LogP contribution in [0.2, 0.25) is 0 Å². The molecule has 1 N–H and O–H groups in total. The van der Waals surface area contributed by atoms with Crippen LogP contribution in [0.4, 0.5) is 5.69 Å². The van der Waals surface area contributed by atoms with Crippen LogP contribution in [-0.4, -0.2) is 10.0 Å². The number of nitro groups is 1. The van der Waals surface area contributed by atoms with E-state index in [9.17, 15) is 10.1 Å². The predicted molar refractivity (Wildman–Crippen MR) is 64.7 cm³/mol. The van der Waals surface area contributed by atoms with Crippen molar-refractivity contribution in [1.82, 2.24) is 0 Å². The summed E-state index contributed by atoms with van der Waals surface area (Å²) in [5.74, 6) is 0.0330. The van der Waals surface area contributed by atoms with Crippen molar-refractivity contribution in [3.8, 4) is 5.75 Å². The first-order valence-corrected chi connectivity index (χ1v) is 4.71. The van der Waals surface area contributed by atoms with Gasteiger partial charge in [0.05, 0.1) is 4.92 Å². The fraction of sp³-hybridized carbons (Fsp3) is 0. The van der Waals surface area contributed by atoms with Crippen molar-refractivity contribution in [2.75, 3.05) is 0 Å². The fourth-order valence-electron chi connectivity index (χ4n) is 0.895. The maximum Gasteiger partial charge on any atom is 0 e. The van der Waals surface area contributed by atoms with Crippen molar-refractivity contribution in [3.63, 3.8) is 0 Å². The third kappa shape index (κ3) is 12.2. The molecule has 0 bridgehead atoms. The van der Waals surface area contributed by atoms with Gasteiger partial charge in [0, 0.05) is 29.2 Å². The molecule has 0 aliphatic rings. The zero-order chi connectivity index (χ0) is 15.1. The molecular weight excluding hydrogens is 306 g/mol. The summed E-state index contributed by atoms with van der Waals surface area (Å²) in [6.07, 6.45) is 0. The second-order valence-corrected chi connectivity index (χ2v) is 2.74. The maximum absolute atomic E-state index is 10.0. The number of aromatic hydroxyl groups is 1. The monoisotopic (exact) mass is 316 g/mol. The van der Waals surface area contributed by atoms with Crippen LogP contribution in [0.5, 0.6) is 5.75 Å². The van der Waals surface area contributed by atoms with Gasteiger partial charge in [-0.15, -0.1) is 0 Å². The van der Waals surface area contributed by atoms with Crippen LogP contribution < -0.4 is 0 Å². The van der Waals surface area contributed by atoms with Crippen molar-refractivity contribution in [2.45, 2.75) is 0 Å². The smallest absolute Gasteiger partial charge is 0 e. The van der Waals surface area contributed by atoms with Gasteiger partial charge in [-0.05, 0) is 12.1 Å². The van der Waals surface area contributed by atoms with E-state index in [1.54, 1.807) is 0 Å². The van der Waals surface area contributed by atoms with Crippen LogP contribution in [0.15, 0.2) is 54.6 Å². The Hall–Kier alpha value is -2.23. The number of hydrogen-bond acceptors (Lipinski definition) is 3. The third-order valence-electron chi connectivity index (χ3n) is 1.62. The Balaban J connectivity index is -0.000000246. The molecule has 0 saturated heterocycles. The Bertz CT molecular complexity index is 453. The first kappa shape index (κ1) is 22.9. The third-order valence-corrected chi connectivity index (χ3v) is 1.62. The summed E-state index contributed by atoms with van der Waals surface area (Å²) >= 11 is 0. The fourth-order valence-corrected chi connectivity index (χ4v) is 0.895. The minimum atomic E-state index is -0.514. The Morgan fingerprint density at radius 3 is 1.70 bits per heavy atom. The van der Waals surface area contributed by atoms with Gasteiger partial charge in [0.2, 0.25) is 0 Å². The van der Waals surface area contributed by atoms with E-state index >= 15 is 0 Å². The van der Waals surface area contributed by atoms with Crippen LogP contribution in [0, 0.1) is 23.4 Å². The van der Waals surface area contributed by atoms with Gasteiger partial charge < -0.3 is 5.11 Å². The molecule has 0 aliphatic carbocycles. The van der Waals surface area contributed by atoms with Gasteiger partial charge in [-0.25, -0.2) is 12.1 Å². The Morgan fingerprint density at radius 1 is 1.05 bits per heavy atom. The Labute approximate surface area is 126 Å². The van der Waals surface area contributed by atoms with Gasteiger partial charge >= 0.3 is 22.6 Å². The summed E-state index contributed by atoms with van der Waals surface area (Å²) in [6.45, 7) is 9.00. The molecule has 106 valence electrons. The summed E-state index contributed by atoms with van der Waals surface area (Å²) in [7, 11) is 0. The van der Waals surface area contributed by atoms with Crippen LogP contribution in [0.3, 0.4) is 0 Å². The topological polar surface area (TPSA) is 103 Å². The van der Waals surface area contributed by atoms with Crippen molar-refractivity contribution >= 4 is 5.69 Å². The molecule has 2 aromatic rings. The molecule has 0 aromatic heterocycles. The molecule has 2 aromatic carbocycles. The minimum Gasteiger partial charge on any atom is -0.214 e. The zero-order valence-electron chi connectivity index (χ0n) is 10.1. The first-order valence-electron chi connectivity index (χ1n) is 4.71. The van der Waals surface area contributed by atoms with Gasteiger partial charge in [0.15, 0.2) is 0 Å². The van der Waals surface area contributed by atoms with Crippen molar-refractivity contribution in [2.24, 2.45) is 0 Å². The summed E-state index contributed by atoms with van der Waals surface area (Å²) in [5, 5.41) is 18.8. The molecule has 0 saturated carbocycles. The molecule has 20 heavy (non-hydrogen) atoms. The van der Waals surface area contributed by atoms with Crippen molar-refractivity contribution < 1.29 is 36.4 Å². The van der Waals surface area contributed by atoms with Gasteiger partial charge in [-0.1, -0.05) is 0 Å². The molecule has 0 atom stereocenters. The molecule has 0 heterocycles. The maximum atomic E-state index is 10.0. The summed E-state index contributed by atoms with van der Waals surface area (Å²) in [4.78, 5) is 9.52. The number of nitrogens with zero attached hydrogens (tertiary/aromatic N) is 1. The Morgan fingerprint density at radius 2 is 1.45 bits per heavy atom. The molecule has 0 unspecified atom stereocenters. The van der Waals surface area contributed by atoms with Gasteiger partial charge in [-0.2, -0.15) is 18.2 Å². The summed E-state index contributed by atoms with van der Waals surface area (Å²) in [5.41, 5.74) is -0.0159. The molecule has 0 spiro atoms. The average Bonchev–Trinajstić information content (AvgIpc) is 3.03. The van der Waals surface area contributed by atoms with Crippen LogP contribution in [0.25, 0.3) is 0 Å². The number of hydrogen-bond donors (Lipinski definition) is 1. The largest absolute Gasteiger partial charge is 0.214 e. The van der Waals surface area contributed by atoms with E-state index in [0.717, 1.165) is 0 Å². The van der Waals surface area contributed by atoms with Crippen LogP contribution in [0.1, 0.15) is 0 Å². The van der Waals surface area contributed by atoms with Gasteiger partial charge in [0.25, 0.3) is 5.69 Å². The minimum absolute atomic E-state index is 0. The van der Waals surface area contributed by atoms with E-state index in [-0.39, 0.29) is 28.5 Å². The quantitative estimate of drug-likeness (QED) is 0.287. The standard InChI is InChI=1S/C6H5NO3.C5H5.2CO.Fe/c8-6-3-1-5(2-4-6)7(9)10;1-2-4-5-3-1;2*1-2;/h1-4,8H;1-5H;;;/q;-1;;;. The molecule has 0 amide bonds. The molecule has 0 fully saturated rings. The predicted octanol–water partition coefficient (Wildman–Crippen LogP) is 2.63. The van der Waals surface area contributed by atoms with Crippen LogP contribution >= 0.6 is 0 Å². The zero-order valence-corrected chi connectivity index (χ0v) is 11.2. The van der Waals surface area contributed by atoms with Gasteiger partial charge in [0.1, 0.15) is 5.75 Å². The second kappa shape index (κ2) is 16.8.